The van der Waals surface area contributed by atoms with Crippen molar-refractivity contribution in [2.75, 3.05) is 11.9 Å². The molecule has 1 aromatic carbocycles. The zero-order chi connectivity index (χ0) is 19.1. The maximum absolute atomic E-state index is 12.5. The molecule has 3 aromatic rings. The van der Waals surface area contributed by atoms with Crippen molar-refractivity contribution in [2.24, 2.45) is 0 Å². The number of nitrogens with one attached hydrogen (secondary N) is 1. The number of pyridine rings is 1. The molecule has 0 atom stereocenters. The molecule has 0 spiro atoms. The van der Waals surface area contributed by atoms with E-state index in [2.05, 4.69) is 20.5 Å². The summed E-state index contributed by atoms with van der Waals surface area (Å²) in [6, 6.07) is 13.2. The van der Waals surface area contributed by atoms with E-state index in [1.54, 1.807) is 17.6 Å². The number of hydrogen-bond donors (Lipinski definition) is 1. The van der Waals surface area contributed by atoms with E-state index < -0.39 is 0 Å². The van der Waals surface area contributed by atoms with E-state index in [-0.39, 0.29) is 12.0 Å². The summed E-state index contributed by atoms with van der Waals surface area (Å²) in [4.78, 5) is 16.8. The number of anilines is 1. The van der Waals surface area contributed by atoms with E-state index >= 15 is 0 Å². The fourth-order valence-corrected chi connectivity index (χ4v) is 2.74. The number of hydrogen-bond acceptors (Lipinski definition) is 7. The first-order chi connectivity index (χ1) is 13.1. The summed E-state index contributed by atoms with van der Waals surface area (Å²) >= 11 is 1.24. The number of carbonyl (C=O) groups is 1. The second-order valence-electron chi connectivity index (χ2n) is 5.98. The number of rotatable bonds is 8. The molecule has 1 amide bonds. The van der Waals surface area contributed by atoms with Gasteiger partial charge in [-0.2, -0.15) is 4.98 Å². The van der Waals surface area contributed by atoms with Crippen LogP contribution < -0.4 is 14.8 Å². The van der Waals surface area contributed by atoms with Crippen LogP contribution in [0.2, 0.25) is 0 Å². The second-order valence-corrected chi connectivity index (χ2v) is 6.81. The smallest absolute Gasteiger partial charge is 0.257 e. The SMILES string of the molecule is CC(C)Oc1cc(C(=O)Nc2nncs2)cc(OCCc2ccccc2)n1. The third-order valence-electron chi connectivity index (χ3n) is 3.46. The maximum atomic E-state index is 12.5. The molecular weight excluding hydrogens is 364 g/mol. The van der Waals surface area contributed by atoms with Crippen LogP contribution in [0.15, 0.2) is 48.0 Å². The largest absolute Gasteiger partial charge is 0.477 e. The van der Waals surface area contributed by atoms with Crippen molar-refractivity contribution < 1.29 is 14.3 Å². The lowest BCUT2D eigenvalue weighted by Crippen LogP contribution is -2.14. The lowest BCUT2D eigenvalue weighted by Gasteiger charge is -2.13. The average molecular weight is 384 g/mol. The van der Waals surface area contributed by atoms with Crippen LogP contribution in [0.25, 0.3) is 0 Å². The summed E-state index contributed by atoms with van der Waals surface area (Å²) in [5.41, 5.74) is 3.10. The van der Waals surface area contributed by atoms with Crippen LogP contribution in [-0.2, 0) is 6.42 Å². The summed E-state index contributed by atoms with van der Waals surface area (Å²) in [6.45, 7) is 4.23. The minimum atomic E-state index is -0.323. The van der Waals surface area contributed by atoms with E-state index in [9.17, 15) is 4.79 Å². The predicted octanol–water partition coefficient (Wildman–Crippen LogP) is 3.59. The normalized spacial score (nSPS) is 10.6. The van der Waals surface area contributed by atoms with Crippen molar-refractivity contribution in [1.82, 2.24) is 15.2 Å². The van der Waals surface area contributed by atoms with E-state index in [0.717, 1.165) is 6.42 Å². The highest BCUT2D eigenvalue weighted by Gasteiger charge is 2.14. The van der Waals surface area contributed by atoms with Gasteiger partial charge in [-0.1, -0.05) is 41.7 Å². The van der Waals surface area contributed by atoms with Crippen molar-refractivity contribution in [3.63, 3.8) is 0 Å². The molecule has 0 aliphatic carbocycles. The van der Waals surface area contributed by atoms with Gasteiger partial charge in [0.25, 0.3) is 5.91 Å². The van der Waals surface area contributed by atoms with E-state index in [4.69, 9.17) is 9.47 Å². The van der Waals surface area contributed by atoms with Crippen LogP contribution in [-0.4, -0.2) is 33.8 Å². The first kappa shape index (κ1) is 18.8. The van der Waals surface area contributed by atoms with Gasteiger partial charge in [0.2, 0.25) is 16.9 Å². The van der Waals surface area contributed by atoms with Crippen molar-refractivity contribution in [2.45, 2.75) is 26.4 Å². The van der Waals surface area contributed by atoms with Gasteiger partial charge in [0, 0.05) is 18.6 Å². The highest BCUT2D eigenvalue weighted by molar-refractivity contribution is 7.13. The molecule has 0 saturated heterocycles. The van der Waals surface area contributed by atoms with Gasteiger partial charge in [-0.05, 0) is 19.4 Å². The topological polar surface area (TPSA) is 86.2 Å². The fraction of sp³-hybridized carbons (Fsp3) is 0.263. The van der Waals surface area contributed by atoms with Gasteiger partial charge in [0.05, 0.1) is 18.3 Å². The molecule has 0 radical (unpaired) electrons. The van der Waals surface area contributed by atoms with Crippen LogP contribution in [0.4, 0.5) is 5.13 Å². The van der Waals surface area contributed by atoms with Crippen LogP contribution in [0.1, 0.15) is 29.8 Å². The molecule has 27 heavy (non-hydrogen) atoms. The number of carbonyl (C=O) groups excluding carboxylic acids is 1. The third kappa shape index (κ3) is 5.75. The highest BCUT2D eigenvalue weighted by Crippen LogP contribution is 2.21. The summed E-state index contributed by atoms with van der Waals surface area (Å²) < 4.78 is 11.4. The number of benzene rings is 1. The predicted molar refractivity (Wildman–Crippen MR) is 104 cm³/mol. The Labute approximate surface area is 161 Å². The standard InChI is InChI=1S/C19H20N4O3S/c1-13(2)26-17-11-15(18(24)22-19-23-20-12-27-19)10-16(21-17)25-9-8-14-6-4-3-5-7-14/h3-7,10-13H,8-9H2,1-2H3,(H,22,23,24). The first-order valence-corrected chi connectivity index (χ1v) is 9.41. The monoisotopic (exact) mass is 384 g/mol. The lowest BCUT2D eigenvalue weighted by molar-refractivity contribution is 0.102. The molecule has 8 heteroatoms. The molecule has 1 N–H and O–H groups in total. The molecular formula is C19H20N4O3S. The van der Waals surface area contributed by atoms with Crippen LogP contribution in [0, 0.1) is 0 Å². The Kier molecular flexibility index (Phi) is 6.32. The van der Waals surface area contributed by atoms with Gasteiger partial charge < -0.3 is 9.47 Å². The Balaban J connectivity index is 1.72. The second kappa shape index (κ2) is 9.09. The molecule has 3 rings (SSSR count). The van der Waals surface area contributed by atoms with E-state index in [1.165, 1.54) is 16.9 Å². The third-order valence-corrected chi connectivity index (χ3v) is 4.07. The van der Waals surface area contributed by atoms with Gasteiger partial charge in [-0.3, -0.25) is 10.1 Å². The molecule has 0 bridgehead atoms. The lowest BCUT2D eigenvalue weighted by atomic mass is 10.2. The Morgan fingerprint density at radius 2 is 1.96 bits per heavy atom. The number of nitrogens with zero attached hydrogens (tertiary/aromatic N) is 3. The van der Waals surface area contributed by atoms with Crippen LogP contribution >= 0.6 is 11.3 Å². The van der Waals surface area contributed by atoms with E-state index in [0.29, 0.717) is 29.1 Å². The summed E-state index contributed by atoms with van der Waals surface area (Å²) in [5.74, 6) is 0.354. The Hall–Kier alpha value is -3.00. The quantitative estimate of drug-likeness (QED) is 0.639. The van der Waals surface area contributed by atoms with Crippen molar-refractivity contribution in [3.8, 4) is 11.8 Å². The van der Waals surface area contributed by atoms with Gasteiger partial charge in [-0.15, -0.1) is 10.2 Å². The fourth-order valence-electron chi connectivity index (χ4n) is 2.30. The first-order valence-electron chi connectivity index (χ1n) is 8.53. The van der Waals surface area contributed by atoms with Crippen LogP contribution in [0.5, 0.6) is 11.8 Å². The molecule has 0 aliphatic rings. The summed E-state index contributed by atoms with van der Waals surface area (Å²) in [6.07, 6.45) is 0.667. The Bertz CT molecular complexity index is 870. The van der Waals surface area contributed by atoms with Crippen LogP contribution in [0.3, 0.4) is 0 Å². The Morgan fingerprint density at radius 1 is 1.19 bits per heavy atom. The summed E-state index contributed by atoms with van der Waals surface area (Å²) in [5, 5.41) is 10.6. The average Bonchev–Trinajstić information content (AvgIpc) is 3.15. The zero-order valence-electron chi connectivity index (χ0n) is 15.1. The molecule has 2 aromatic heterocycles. The number of ether oxygens (including phenoxy) is 2. The zero-order valence-corrected chi connectivity index (χ0v) is 15.9. The molecule has 7 nitrogen and oxygen atoms in total. The van der Waals surface area contributed by atoms with Gasteiger partial charge in [-0.25, -0.2) is 0 Å². The van der Waals surface area contributed by atoms with Crippen molar-refractivity contribution >= 4 is 22.4 Å². The van der Waals surface area contributed by atoms with Crippen molar-refractivity contribution in [3.05, 3.63) is 59.1 Å². The van der Waals surface area contributed by atoms with E-state index in [1.807, 2.05) is 44.2 Å². The van der Waals surface area contributed by atoms with Gasteiger partial charge in [0.1, 0.15) is 5.51 Å². The highest BCUT2D eigenvalue weighted by atomic mass is 32.1. The van der Waals surface area contributed by atoms with Gasteiger partial charge in [0.15, 0.2) is 0 Å². The number of amides is 1. The minimum Gasteiger partial charge on any atom is -0.477 e. The Morgan fingerprint density at radius 3 is 2.67 bits per heavy atom. The molecule has 0 fully saturated rings. The molecule has 0 saturated carbocycles. The molecule has 140 valence electrons. The molecule has 2 heterocycles. The molecule has 0 unspecified atom stereocenters. The maximum Gasteiger partial charge on any atom is 0.257 e. The molecule has 0 aliphatic heterocycles. The van der Waals surface area contributed by atoms with Crippen molar-refractivity contribution in [1.29, 1.82) is 0 Å². The minimum absolute atomic E-state index is 0.0730. The number of aromatic nitrogens is 3. The van der Waals surface area contributed by atoms with Gasteiger partial charge >= 0.3 is 0 Å². The summed E-state index contributed by atoms with van der Waals surface area (Å²) in [7, 11) is 0.